The van der Waals surface area contributed by atoms with Gasteiger partial charge < -0.3 is 9.84 Å². The number of aliphatic hydroxyl groups is 1. The van der Waals surface area contributed by atoms with Crippen molar-refractivity contribution in [1.82, 2.24) is 4.98 Å². The number of hydrogen-bond donors (Lipinski definition) is 1. The van der Waals surface area contributed by atoms with Crippen molar-refractivity contribution in [3.63, 3.8) is 0 Å². The molecule has 0 spiro atoms. The fourth-order valence-corrected chi connectivity index (χ4v) is 2.53. The van der Waals surface area contributed by atoms with E-state index in [1.54, 1.807) is 0 Å². The fourth-order valence-electron chi connectivity index (χ4n) is 2.53. The maximum absolute atomic E-state index is 9.37. The number of nitrogens with zero attached hydrogens (tertiary/aromatic N) is 1. The molecule has 0 radical (unpaired) electrons. The van der Waals surface area contributed by atoms with E-state index in [0.29, 0.717) is 0 Å². The van der Waals surface area contributed by atoms with Crippen molar-refractivity contribution in [2.45, 2.75) is 12.5 Å². The zero-order valence-corrected chi connectivity index (χ0v) is 9.54. The summed E-state index contributed by atoms with van der Waals surface area (Å²) in [6.45, 7) is 0.896. The standard InChI is InChI=1S/C14H15NO2/c16-9-11-5-6-17-14(11)13-8-15-7-10-3-1-2-4-12(10)13/h1-4,7-8,11,14,16H,5-6,9H2. The maximum Gasteiger partial charge on any atom is 0.0896 e. The molecule has 3 heteroatoms. The van der Waals surface area contributed by atoms with Crippen LogP contribution < -0.4 is 0 Å². The first-order valence-electron chi connectivity index (χ1n) is 5.95. The van der Waals surface area contributed by atoms with Crippen LogP contribution in [-0.2, 0) is 4.74 Å². The van der Waals surface area contributed by atoms with Crippen LogP contribution in [0.2, 0.25) is 0 Å². The first kappa shape index (κ1) is 10.7. The Balaban J connectivity index is 2.10. The molecular formula is C14H15NO2. The van der Waals surface area contributed by atoms with Crippen molar-refractivity contribution in [2.75, 3.05) is 13.2 Å². The van der Waals surface area contributed by atoms with E-state index in [4.69, 9.17) is 4.74 Å². The molecule has 0 aliphatic carbocycles. The molecule has 1 aliphatic rings. The summed E-state index contributed by atoms with van der Waals surface area (Å²) in [5, 5.41) is 11.7. The van der Waals surface area contributed by atoms with Crippen LogP contribution in [0.4, 0.5) is 0 Å². The second kappa shape index (κ2) is 4.43. The van der Waals surface area contributed by atoms with E-state index in [2.05, 4.69) is 17.1 Å². The molecule has 0 saturated carbocycles. The minimum absolute atomic E-state index is 0.0152. The third-order valence-corrected chi connectivity index (χ3v) is 3.45. The molecule has 17 heavy (non-hydrogen) atoms. The van der Waals surface area contributed by atoms with Gasteiger partial charge >= 0.3 is 0 Å². The number of rotatable bonds is 2. The Labute approximate surface area is 100 Å². The van der Waals surface area contributed by atoms with Gasteiger partial charge in [-0.3, -0.25) is 4.98 Å². The van der Waals surface area contributed by atoms with Gasteiger partial charge in [-0.1, -0.05) is 24.3 Å². The molecule has 2 unspecified atom stereocenters. The average Bonchev–Trinajstić information content (AvgIpc) is 2.86. The van der Waals surface area contributed by atoms with Crippen LogP contribution in [0.15, 0.2) is 36.7 Å². The highest BCUT2D eigenvalue weighted by Gasteiger charge is 2.30. The van der Waals surface area contributed by atoms with E-state index in [0.717, 1.165) is 24.0 Å². The minimum Gasteiger partial charge on any atom is -0.396 e. The number of aromatic nitrogens is 1. The summed E-state index contributed by atoms with van der Waals surface area (Å²) in [4.78, 5) is 4.26. The van der Waals surface area contributed by atoms with Crippen LogP contribution in [0, 0.1) is 5.92 Å². The van der Waals surface area contributed by atoms with Crippen LogP contribution in [-0.4, -0.2) is 23.3 Å². The minimum atomic E-state index is -0.0152. The molecule has 1 fully saturated rings. The van der Waals surface area contributed by atoms with E-state index in [9.17, 15) is 5.11 Å². The first-order chi connectivity index (χ1) is 8.40. The summed E-state index contributed by atoms with van der Waals surface area (Å²) in [5.74, 6) is 0.197. The lowest BCUT2D eigenvalue weighted by molar-refractivity contribution is 0.0729. The number of hydrogen-bond acceptors (Lipinski definition) is 3. The molecule has 1 aromatic heterocycles. The molecule has 2 atom stereocenters. The number of fused-ring (bicyclic) bond motifs is 1. The van der Waals surface area contributed by atoms with E-state index >= 15 is 0 Å². The quantitative estimate of drug-likeness (QED) is 0.859. The Bertz CT molecular complexity index is 521. The van der Waals surface area contributed by atoms with Gasteiger partial charge in [-0.05, 0) is 11.8 Å². The van der Waals surface area contributed by atoms with Gasteiger partial charge in [0.1, 0.15) is 0 Å². The summed E-state index contributed by atoms with van der Waals surface area (Å²) < 4.78 is 5.75. The summed E-state index contributed by atoms with van der Waals surface area (Å²) in [6, 6.07) is 8.17. The highest BCUT2D eigenvalue weighted by atomic mass is 16.5. The van der Waals surface area contributed by atoms with Crippen molar-refractivity contribution < 1.29 is 9.84 Å². The maximum atomic E-state index is 9.37. The summed E-state index contributed by atoms with van der Waals surface area (Å²) in [6.07, 6.45) is 4.63. The van der Waals surface area contributed by atoms with E-state index in [1.165, 1.54) is 5.39 Å². The number of aliphatic hydroxyl groups excluding tert-OH is 1. The number of ether oxygens (including phenoxy) is 1. The predicted molar refractivity (Wildman–Crippen MR) is 65.6 cm³/mol. The van der Waals surface area contributed by atoms with Gasteiger partial charge in [0.05, 0.1) is 6.10 Å². The fraction of sp³-hybridized carbons (Fsp3) is 0.357. The molecule has 1 aromatic carbocycles. The molecule has 0 bridgehead atoms. The van der Waals surface area contributed by atoms with Crippen LogP contribution in [0.1, 0.15) is 18.1 Å². The molecule has 2 heterocycles. The number of benzene rings is 1. The second-order valence-electron chi connectivity index (χ2n) is 4.47. The molecule has 3 rings (SSSR count). The van der Waals surface area contributed by atoms with Crippen LogP contribution in [0.5, 0.6) is 0 Å². The average molecular weight is 229 g/mol. The normalized spacial score (nSPS) is 24.3. The van der Waals surface area contributed by atoms with E-state index < -0.39 is 0 Å². The topological polar surface area (TPSA) is 42.4 Å². The van der Waals surface area contributed by atoms with Crippen LogP contribution >= 0.6 is 0 Å². The van der Waals surface area contributed by atoms with Gasteiger partial charge in [0, 0.05) is 42.5 Å². The van der Waals surface area contributed by atoms with Crippen molar-refractivity contribution in [3.8, 4) is 0 Å². The molecule has 3 nitrogen and oxygen atoms in total. The van der Waals surface area contributed by atoms with Gasteiger partial charge in [-0.25, -0.2) is 0 Å². The van der Waals surface area contributed by atoms with E-state index in [1.807, 2.05) is 24.5 Å². The second-order valence-corrected chi connectivity index (χ2v) is 4.47. The molecule has 88 valence electrons. The molecular weight excluding hydrogens is 214 g/mol. The molecule has 1 aliphatic heterocycles. The molecule has 1 N–H and O–H groups in total. The van der Waals surface area contributed by atoms with Crippen LogP contribution in [0.25, 0.3) is 10.8 Å². The van der Waals surface area contributed by atoms with Gasteiger partial charge in [-0.2, -0.15) is 0 Å². The van der Waals surface area contributed by atoms with Crippen molar-refractivity contribution in [3.05, 3.63) is 42.2 Å². The monoisotopic (exact) mass is 229 g/mol. The largest absolute Gasteiger partial charge is 0.396 e. The van der Waals surface area contributed by atoms with Gasteiger partial charge in [0.15, 0.2) is 0 Å². The Morgan fingerprint density at radius 1 is 1.29 bits per heavy atom. The lowest BCUT2D eigenvalue weighted by Gasteiger charge is -2.18. The highest BCUT2D eigenvalue weighted by molar-refractivity contribution is 5.85. The highest BCUT2D eigenvalue weighted by Crippen LogP contribution is 2.36. The van der Waals surface area contributed by atoms with Crippen molar-refractivity contribution in [1.29, 1.82) is 0 Å². The summed E-state index contributed by atoms with van der Waals surface area (Å²) >= 11 is 0. The Kier molecular flexibility index (Phi) is 2.79. The smallest absolute Gasteiger partial charge is 0.0896 e. The van der Waals surface area contributed by atoms with Crippen molar-refractivity contribution in [2.24, 2.45) is 5.92 Å². The summed E-state index contributed by atoms with van der Waals surface area (Å²) in [7, 11) is 0. The van der Waals surface area contributed by atoms with Crippen LogP contribution in [0.3, 0.4) is 0 Å². The summed E-state index contributed by atoms with van der Waals surface area (Å²) in [5.41, 5.74) is 1.10. The Morgan fingerprint density at radius 2 is 2.18 bits per heavy atom. The molecule has 2 aromatic rings. The lowest BCUT2D eigenvalue weighted by atomic mass is 9.94. The van der Waals surface area contributed by atoms with Crippen molar-refractivity contribution >= 4 is 10.8 Å². The predicted octanol–water partition coefficient (Wildman–Crippen LogP) is 2.30. The zero-order valence-electron chi connectivity index (χ0n) is 9.54. The third kappa shape index (κ3) is 1.81. The van der Waals surface area contributed by atoms with Gasteiger partial charge in [0.25, 0.3) is 0 Å². The Hall–Kier alpha value is -1.45. The molecule has 1 saturated heterocycles. The third-order valence-electron chi connectivity index (χ3n) is 3.45. The lowest BCUT2D eigenvalue weighted by Crippen LogP contribution is -2.12. The number of pyridine rings is 1. The first-order valence-corrected chi connectivity index (χ1v) is 5.95. The zero-order chi connectivity index (χ0) is 11.7. The SMILES string of the molecule is OCC1CCOC1c1cncc2ccccc12. The van der Waals surface area contributed by atoms with Gasteiger partial charge in [0.2, 0.25) is 0 Å². The van der Waals surface area contributed by atoms with E-state index in [-0.39, 0.29) is 18.6 Å². The van der Waals surface area contributed by atoms with Gasteiger partial charge in [-0.15, -0.1) is 0 Å². The Morgan fingerprint density at radius 3 is 3.06 bits per heavy atom. The molecule has 0 amide bonds.